The van der Waals surface area contributed by atoms with Crippen LogP contribution in [0.25, 0.3) is 0 Å². The number of Topliss-reactive ketones (excluding diaryl/α,β-unsaturated/α-hetero) is 1. The third-order valence-electron chi connectivity index (χ3n) is 2.63. The molecule has 1 N–H and O–H groups in total. The quantitative estimate of drug-likeness (QED) is 0.738. The van der Waals surface area contributed by atoms with Crippen molar-refractivity contribution in [2.75, 3.05) is 25.6 Å². The molecule has 1 aromatic rings. The zero-order valence-electron chi connectivity index (χ0n) is 10.8. The molecule has 1 unspecified atom stereocenters. The summed E-state index contributed by atoms with van der Waals surface area (Å²) in [6.07, 6.45) is 0.553. The molecule has 1 atom stereocenters. The van der Waals surface area contributed by atoms with Crippen molar-refractivity contribution in [3.8, 4) is 0 Å². The number of hydrogen-bond acceptors (Lipinski definition) is 3. The Labute approximate surface area is 103 Å². The van der Waals surface area contributed by atoms with Crippen molar-refractivity contribution in [2.24, 2.45) is 5.92 Å². The van der Waals surface area contributed by atoms with Gasteiger partial charge >= 0.3 is 0 Å². The van der Waals surface area contributed by atoms with E-state index < -0.39 is 0 Å². The van der Waals surface area contributed by atoms with E-state index in [0.717, 1.165) is 24.4 Å². The molecule has 17 heavy (non-hydrogen) atoms. The standard InChI is InChI=1S/C14H21NO2/c1-4-14(16)12-5-7-13(8-6-12)15-9-11(2)10-17-3/h5-8,11,15H,4,9-10H2,1-3H3. The zero-order chi connectivity index (χ0) is 12.7. The fourth-order valence-electron chi connectivity index (χ4n) is 1.61. The number of anilines is 1. The van der Waals surface area contributed by atoms with Crippen LogP contribution in [0.15, 0.2) is 24.3 Å². The second kappa shape index (κ2) is 7.07. The molecule has 0 bridgehead atoms. The van der Waals surface area contributed by atoms with Gasteiger partial charge in [-0.15, -0.1) is 0 Å². The van der Waals surface area contributed by atoms with Crippen molar-refractivity contribution < 1.29 is 9.53 Å². The largest absolute Gasteiger partial charge is 0.385 e. The van der Waals surface area contributed by atoms with E-state index in [1.165, 1.54) is 0 Å². The van der Waals surface area contributed by atoms with Gasteiger partial charge in [0, 0.05) is 31.3 Å². The SMILES string of the molecule is CCC(=O)c1ccc(NCC(C)COC)cc1. The summed E-state index contributed by atoms with van der Waals surface area (Å²) in [6.45, 7) is 5.63. The van der Waals surface area contributed by atoms with Gasteiger partial charge in [0.05, 0.1) is 6.61 Å². The molecule has 94 valence electrons. The maximum atomic E-state index is 11.4. The van der Waals surface area contributed by atoms with Gasteiger partial charge in [-0.3, -0.25) is 4.79 Å². The van der Waals surface area contributed by atoms with Crippen LogP contribution in [0, 0.1) is 5.92 Å². The number of benzene rings is 1. The summed E-state index contributed by atoms with van der Waals surface area (Å²) >= 11 is 0. The Balaban J connectivity index is 2.48. The van der Waals surface area contributed by atoms with Crippen LogP contribution in [0.2, 0.25) is 0 Å². The van der Waals surface area contributed by atoms with Gasteiger partial charge in [-0.1, -0.05) is 13.8 Å². The van der Waals surface area contributed by atoms with E-state index in [-0.39, 0.29) is 5.78 Å². The molecule has 3 heteroatoms. The van der Waals surface area contributed by atoms with Crippen LogP contribution in [0.1, 0.15) is 30.6 Å². The van der Waals surface area contributed by atoms with E-state index >= 15 is 0 Å². The number of ether oxygens (including phenoxy) is 1. The number of nitrogens with one attached hydrogen (secondary N) is 1. The van der Waals surface area contributed by atoms with Gasteiger partial charge in [0.1, 0.15) is 0 Å². The summed E-state index contributed by atoms with van der Waals surface area (Å²) in [5.74, 6) is 0.654. The summed E-state index contributed by atoms with van der Waals surface area (Å²) in [5.41, 5.74) is 1.82. The predicted molar refractivity (Wildman–Crippen MR) is 70.6 cm³/mol. The molecule has 0 heterocycles. The van der Waals surface area contributed by atoms with Gasteiger partial charge in [-0.05, 0) is 30.2 Å². The fourth-order valence-corrected chi connectivity index (χ4v) is 1.61. The first kappa shape index (κ1) is 13.7. The van der Waals surface area contributed by atoms with Crippen LogP contribution < -0.4 is 5.32 Å². The number of hydrogen-bond donors (Lipinski definition) is 1. The normalized spacial score (nSPS) is 12.2. The van der Waals surface area contributed by atoms with Gasteiger partial charge in [-0.2, -0.15) is 0 Å². The molecule has 0 aromatic heterocycles. The molecule has 0 aliphatic heterocycles. The highest BCUT2D eigenvalue weighted by atomic mass is 16.5. The van der Waals surface area contributed by atoms with Gasteiger partial charge in [0.2, 0.25) is 0 Å². The maximum absolute atomic E-state index is 11.4. The third-order valence-corrected chi connectivity index (χ3v) is 2.63. The number of methoxy groups -OCH3 is 1. The summed E-state index contributed by atoms with van der Waals surface area (Å²) < 4.78 is 5.07. The number of ketones is 1. The van der Waals surface area contributed by atoms with Crippen LogP contribution >= 0.6 is 0 Å². The van der Waals surface area contributed by atoms with Gasteiger partial charge in [-0.25, -0.2) is 0 Å². The van der Waals surface area contributed by atoms with E-state index in [4.69, 9.17) is 4.74 Å². The molecule has 0 fully saturated rings. The van der Waals surface area contributed by atoms with E-state index in [9.17, 15) is 4.79 Å². The summed E-state index contributed by atoms with van der Waals surface area (Å²) in [6, 6.07) is 7.63. The lowest BCUT2D eigenvalue weighted by molar-refractivity contribution is 0.0988. The van der Waals surface area contributed by atoms with Gasteiger partial charge in [0.25, 0.3) is 0 Å². The smallest absolute Gasteiger partial charge is 0.162 e. The molecule has 0 spiro atoms. The van der Waals surface area contributed by atoms with Crippen molar-refractivity contribution in [3.63, 3.8) is 0 Å². The predicted octanol–water partition coefficient (Wildman–Crippen LogP) is 2.97. The van der Waals surface area contributed by atoms with E-state index in [1.54, 1.807) is 7.11 Å². The second-order valence-electron chi connectivity index (χ2n) is 4.30. The van der Waals surface area contributed by atoms with Crippen LogP contribution in [-0.2, 0) is 4.74 Å². The average Bonchev–Trinajstić information content (AvgIpc) is 2.36. The second-order valence-corrected chi connectivity index (χ2v) is 4.30. The Kier molecular flexibility index (Phi) is 5.70. The molecule has 1 aromatic carbocycles. The topological polar surface area (TPSA) is 38.3 Å². The van der Waals surface area contributed by atoms with Crippen LogP contribution in [0.5, 0.6) is 0 Å². The Bertz CT molecular complexity index is 346. The highest BCUT2D eigenvalue weighted by Gasteiger charge is 2.03. The average molecular weight is 235 g/mol. The monoisotopic (exact) mass is 235 g/mol. The number of carbonyl (C=O) groups is 1. The molecular formula is C14H21NO2. The lowest BCUT2D eigenvalue weighted by Gasteiger charge is -2.12. The third kappa shape index (κ3) is 4.57. The Hall–Kier alpha value is -1.35. The van der Waals surface area contributed by atoms with Crippen molar-refractivity contribution in [1.82, 2.24) is 0 Å². The Morgan fingerprint density at radius 1 is 1.35 bits per heavy atom. The Morgan fingerprint density at radius 2 is 2.00 bits per heavy atom. The van der Waals surface area contributed by atoms with Crippen molar-refractivity contribution >= 4 is 11.5 Å². The van der Waals surface area contributed by atoms with E-state index in [1.807, 2.05) is 31.2 Å². The lowest BCUT2D eigenvalue weighted by Crippen LogP contribution is -2.15. The summed E-state index contributed by atoms with van der Waals surface area (Å²) in [5, 5.41) is 3.32. The first-order valence-electron chi connectivity index (χ1n) is 6.03. The van der Waals surface area contributed by atoms with Crippen molar-refractivity contribution in [2.45, 2.75) is 20.3 Å². The molecule has 0 aliphatic rings. The molecular weight excluding hydrogens is 214 g/mol. The van der Waals surface area contributed by atoms with Crippen molar-refractivity contribution in [1.29, 1.82) is 0 Å². The molecule has 0 saturated carbocycles. The molecule has 0 aliphatic carbocycles. The molecule has 0 radical (unpaired) electrons. The minimum atomic E-state index is 0.185. The van der Waals surface area contributed by atoms with Gasteiger partial charge in [0.15, 0.2) is 5.78 Å². The summed E-state index contributed by atoms with van der Waals surface area (Å²) in [7, 11) is 1.71. The highest BCUT2D eigenvalue weighted by Crippen LogP contribution is 2.11. The van der Waals surface area contributed by atoms with Crippen LogP contribution in [-0.4, -0.2) is 26.0 Å². The Morgan fingerprint density at radius 3 is 2.53 bits per heavy atom. The fraction of sp³-hybridized carbons (Fsp3) is 0.500. The molecule has 0 saturated heterocycles. The number of rotatable bonds is 7. The van der Waals surface area contributed by atoms with E-state index in [2.05, 4.69) is 12.2 Å². The zero-order valence-corrected chi connectivity index (χ0v) is 10.8. The molecule has 0 amide bonds. The van der Waals surface area contributed by atoms with E-state index in [0.29, 0.717) is 12.3 Å². The highest BCUT2D eigenvalue weighted by molar-refractivity contribution is 5.96. The minimum Gasteiger partial charge on any atom is -0.385 e. The first-order valence-corrected chi connectivity index (χ1v) is 6.03. The first-order chi connectivity index (χ1) is 8.17. The van der Waals surface area contributed by atoms with Crippen LogP contribution in [0.3, 0.4) is 0 Å². The van der Waals surface area contributed by atoms with Crippen molar-refractivity contribution in [3.05, 3.63) is 29.8 Å². The maximum Gasteiger partial charge on any atom is 0.162 e. The molecule has 1 rings (SSSR count). The minimum absolute atomic E-state index is 0.185. The summed E-state index contributed by atoms with van der Waals surface area (Å²) in [4.78, 5) is 11.4. The van der Waals surface area contributed by atoms with Gasteiger partial charge < -0.3 is 10.1 Å². The van der Waals surface area contributed by atoms with Crippen LogP contribution in [0.4, 0.5) is 5.69 Å². The number of carbonyl (C=O) groups excluding carboxylic acids is 1. The molecule has 3 nitrogen and oxygen atoms in total. The lowest BCUT2D eigenvalue weighted by atomic mass is 10.1.